The molecule has 0 bridgehead atoms. The molecule has 0 radical (unpaired) electrons. The highest BCUT2D eigenvalue weighted by molar-refractivity contribution is 5.15. The van der Waals surface area contributed by atoms with Crippen LogP contribution in [0.2, 0.25) is 0 Å². The molecular formula is C12H17FN+. The van der Waals surface area contributed by atoms with Crippen molar-refractivity contribution in [1.82, 2.24) is 0 Å². The highest BCUT2D eigenvalue weighted by Gasteiger charge is 2.17. The summed E-state index contributed by atoms with van der Waals surface area (Å²) in [4.78, 5) is 0. The van der Waals surface area contributed by atoms with Gasteiger partial charge in [0, 0.05) is 5.56 Å². The molecule has 14 heavy (non-hydrogen) atoms. The van der Waals surface area contributed by atoms with Crippen LogP contribution in [0.4, 0.5) is 4.39 Å². The fourth-order valence-corrected chi connectivity index (χ4v) is 2.15. The van der Waals surface area contributed by atoms with Crippen LogP contribution in [0, 0.1) is 5.82 Å². The van der Waals surface area contributed by atoms with Gasteiger partial charge in [-0.15, -0.1) is 0 Å². The molecule has 1 aromatic rings. The van der Waals surface area contributed by atoms with Gasteiger partial charge in [-0.2, -0.15) is 0 Å². The number of halogens is 1. The number of hydrogen-bond donors (Lipinski definition) is 1. The third kappa shape index (κ3) is 2.32. The van der Waals surface area contributed by atoms with Gasteiger partial charge in [-0.3, -0.25) is 0 Å². The van der Waals surface area contributed by atoms with Gasteiger partial charge < -0.3 is 5.32 Å². The topological polar surface area (TPSA) is 16.6 Å². The predicted molar refractivity (Wildman–Crippen MR) is 54.3 cm³/mol. The van der Waals surface area contributed by atoms with Crippen LogP contribution in [0.3, 0.4) is 0 Å². The second-order valence-corrected chi connectivity index (χ2v) is 4.08. The van der Waals surface area contributed by atoms with Crippen LogP contribution in [0.1, 0.15) is 31.2 Å². The summed E-state index contributed by atoms with van der Waals surface area (Å²) in [6.45, 7) is 0.789. The summed E-state index contributed by atoms with van der Waals surface area (Å²) in [6, 6.07) is 7.79. The van der Waals surface area contributed by atoms with Crippen molar-refractivity contribution < 1.29 is 9.71 Å². The fourth-order valence-electron chi connectivity index (χ4n) is 2.15. The lowest BCUT2D eigenvalue weighted by molar-refractivity contribution is -0.703. The Balaban J connectivity index is 1.88. The molecule has 0 amide bonds. The lowest BCUT2D eigenvalue weighted by Crippen LogP contribution is -2.88. The van der Waals surface area contributed by atoms with E-state index in [1.807, 2.05) is 12.1 Å². The molecule has 0 saturated heterocycles. The van der Waals surface area contributed by atoms with Crippen molar-refractivity contribution in [2.75, 3.05) is 0 Å². The summed E-state index contributed by atoms with van der Waals surface area (Å²) in [5, 5.41) is 2.28. The molecule has 0 heterocycles. The summed E-state index contributed by atoms with van der Waals surface area (Å²) >= 11 is 0. The summed E-state index contributed by atoms with van der Waals surface area (Å²) < 4.78 is 13.2. The van der Waals surface area contributed by atoms with Gasteiger partial charge in [0.05, 0.1) is 6.04 Å². The minimum atomic E-state index is -0.0678. The maximum absolute atomic E-state index is 13.2. The second kappa shape index (κ2) is 4.56. The maximum Gasteiger partial charge on any atom is 0.132 e. The van der Waals surface area contributed by atoms with Gasteiger partial charge in [-0.25, -0.2) is 4.39 Å². The number of rotatable bonds is 3. The van der Waals surface area contributed by atoms with Gasteiger partial charge in [0.2, 0.25) is 0 Å². The standard InChI is InChI=1S/C12H16FN/c13-12-8-4-1-5-10(12)9-14-11-6-2-3-7-11/h1,4-5,8,11,14H,2-3,6-7,9H2/p+1. The zero-order valence-electron chi connectivity index (χ0n) is 8.38. The Kier molecular flexibility index (Phi) is 3.14. The van der Waals surface area contributed by atoms with Crippen LogP contribution < -0.4 is 5.32 Å². The molecule has 1 saturated carbocycles. The van der Waals surface area contributed by atoms with Crippen molar-refractivity contribution in [1.29, 1.82) is 0 Å². The highest BCUT2D eigenvalue weighted by Crippen LogP contribution is 2.14. The van der Waals surface area contributed by atoms with Crippen LogP contribution in [0.15, 0.2) is 24.3 Å². The molecule has 1 aliphatic carbocycles. The molecule has 0 aromatic heterocycles. The van der Waals surface area contributed by atoms with Crippen molar-refractivity contribution in [3.8, 4) is 0 Å². The molecule has 2 heteroatoms. The Hall–Kier alpha value is -0.890. The Morgan fingerprint density at radius 2 is 1.93 bits per heavy atom. The average Bonchev–Trinajstić information content (AvgIpc) is 2.69. The molecule has 76 valence electrons. The van der Waals surface area contributed by atoms with E-state index in [-0.39, 0.29) is 5.82 Å². The highest BCUT2D eigenvalue weighted by atomic mass is 19.1. The first-order valence-corrected chi connectivity index (χ1v) is 5.43. The largest absolute Gasteiger partial charge is 0.340 e. The first kappa shape index (κ1) is 9.66. The summed E-state index contributed by atoms with van der Waals surface area (Å²) in [5.41, 5.74) is 0.833. The van der Waals surface area contributed by atoms with Crippen LogP contribution in [0.25, 0.3) is 0 Å². The summed E-state index contributed by atoms with van der Waals surface area (Å²) in [6.07, 6.45) is 5.29. The SMILES string of the molecule is Fc1ccccc1C[NH2+]C1CCCC1. The van der Waals surface area contributed by atoms with E-state index >= 15 is 0 Å². The maximum atomic E-state index is 13.2. The predicted octanol–water partition coefficient (Wildman–Crippen LogP) is 1.83. The van der Waals surface area contributed by atoms with E-state index in [2.05, 4.69) is 5.32 Å². The van der Waals surface area contributed by atoms with Crippen molar-refractivity contribution in [2.45, 2.75) is 38.3 Å². The van der Waals surface area contributed by atoms with E-state index in [1.54, 1.807) is 6.07 Å². The van der Waals surface area contributed by atoms with Crippen LogP contribution >= 0.6 is 0 Å². The molecular weight excluding hydrogens is 177 g/mol. The van der Waals surface area contributed by atoms with Crippen molar-refractivity contribution in [2.24, 2.45) is 0 Å². The van der Waals surface area contributed by atoms with Crippen LogP contribution in [-0.4, -0.2) is 6.04 Å². The van der Waals surface area contributed by atoms with Crippen molar-refractivity contribution in [3.05, 3.63) is 35.6 Å². The fraction of sp³-hybridized carbons (Fsp3) is 0.500. The third-order valence-corrected chi connectivity index (χ3v) is 3.03. The van der Waals surface area contributed by atoms with Gasteiger partial charge in [-0.1, -0.05) is 18.2 Å². The number of hydrogen-bond acceptors (Lipinski definition) is 0. The molecule has 1 fully saturated rings. The Morgan fingerprint density at radius 1 is 1.21 bits per heavy atom. The normalized spacial score (nSPS) is 17.5. The lowest BCUT2D eigenvalue weighted by atomic mass is 10.2. The first-order chi connectivity index (χ1) is 6.86. The van der Waals surface area contributed by atoms with E-state index < -0.39 is 0 Å². The number of quaternary nitrogens is 1. The third-order valence-electron chi connectivity index (χ3n) is 3.03. The average molecular weight is 194 g/mol. The zero-order chi connectivity index (χ0) is 9.80. The molecule has 1 aliphatic rings. The number of nitrogens with two attached hydrogens (primary N) is 1. The number of benzene rings is 1. The molecule has 0 atom stereocenters. The Labute approximate surface area is 84.3 Å². The molecule has 0 spiro atoms. The lowest BCUT2D eigenvalue weighted by Gasteiger charge is -2.08. The zero-order valence-corrected chi connectivity index (χ0v) is 8.38. The van der Waals surface area contributed by atoms with Crippen LogP contribution in [0.5, 0.6) is 0 Å². The Morgan fingerprint density at radius 3 is 2.64 bits per heavy atom. The molecule has 0 unspecified atom stereocenters. The van der Waals surface area contributed by atoms with E-state index in [0.29, 0.717) is 0 Å². The van der Waals surface area contributed by atoms with E-state index in [4.69, 9.17) is 0 Å². The quantitative estimate of drug-likeness (QED) is 0.756. The minimum Gasteiger partial charge on any atom is -0.340 e. The molecule has 2 rings (SSSR count). The van der Waals surface area contributed by atoms with Gasteiger partial charge in [0.25, 0.3) is 0 Å². The van der Waals surface area contributed by atoms with E-state index in [9.17, 15) is 4.39 Å². The molecule has 2 N–H and O–H groups in total. The van der Waals surface area contributed by atoms with E-state index in [0.717, 1.165) is 18.2 Å². The van der Waals surface area contributed by atoms with Gasteiger partial charge >= 0.3 is 0 Å². The van der Waals surface area contributed by atoms with Crippen LogP contribution in [-0.2, 0) is 6.54 Å². The van der Waals surface area contributed by atoms with Crippen molar-refractivity contribution >= 4 is 0 Å². The molecule has 0 aliphatic heterocycles. The minimum absolute atomic E-state index is 0.0678. The second-order valence-electron chi connectivity index (χ2n) is 4.08. The monoisotopic (exact) mass is 194 g/mol. The van der Waals surface area contributed by atoms with Gasteiger partial charge in [0.15, 0.2) is 0 Å². The smallest absolute Gasteiger partial charge is 0.132 e. The summed E-state index contributed by atoms with van der Waals surface area (Å²) in [5.74, 6) is -0.0678. The van der Waals surface area contributed by atoms with E-state index in [1.165, 1.54) is 31.7 Å². The van der Waals surface area contributed by atoms with Gasteiger partial charge in [0.1, 0.15) is 12.4 Å². The molecule has 1 nitrogen and oxygen atoms in total. The summed E-state index contributed by atoms with van der Waals surface area (Å²) in [7, 11) is 0. The first-order valence-electron chi connectivity index (χ1n) is 5.43. The van der Waals surface area contributed by atoms with Gasteiger partial charge in [-0.05, 0) is 31.7 Å². The van der Waals surface area contributed by atoms with Crippen molar-refractivity contribution in [3.63, 3.8) is 0 Å². The molecule has 1 aromatic carbocycles. The Bertz CT molecular complexity index is 292.